The quantitative estimate of drug-likeness (QED) is 0.374. The van der Waals surface area contributed by atoms with Gasteiger partial charge >= 0.3 is 0 Å². The van der Waals surface area contributed by atoms with Crippen LogP contribution in [0.2, 0.25) is 0 Å². The molecule has 0 aliphatic heterocycles. The van der Waals surface area contributed by atoms with Crippen molar-refractivity contribution in [2.24, 2.45) is 0 Å². The number of aromatic nitrogens is 5. The van der Waals surface area contributed by atoms with Crippen molar-refractivity contribution < 1.29 is 0 Å². The van der Waals surface area contributed by atoms with E-state index in [0.29, 0.717) is 12.6 Å². The lowest BCUT2D eigenvalue weighted by Gasteiger charge is -2.35. The van der Waals surface area contributed by atoms with Gasteiger partial charge in [0.25, 0.3) is 5.56 Å². The largest absolute Gasteiger partial charge is 0.321 e. The average Bonchev–Trinajstić information content (AvgIpc) is 3.57. The summed E-state index contributed by atoms with van der Waals surface area (Å²) in [5.41, 5.74) is 4.08. The molecule has 0 spiro atoms. The molecule has 0 radical (unpaired) electrons. The van der Waals surface area contributed by atoms with Gasteiger partial charge in [0, 0.05) is 24.7 Å². The third-order valence-corrected chi connectivity index (χ3v) is 7.41. The summed E-state index contributed by atoms with van der Waals surface area (Å²) in [5.74, 6) is 0.892. The maximum Gasteiger partial charge on any atom is 0.252 e. The standard InChI is InChI=1S/C28H34N6O/c1-3-25(27-30-31-32-34(27)17-16-21-11-5-4-6-12-21)33(24-14-7-8-15-24)19-23-18-22-13-9-10-20(2)26(22)29-28(23)35/h4-6,9-13,18,24-25H,3,7-8,14-17,19H2,1-2H3,(H,29,35)/t25-/m1/s1. The number of rotatable bonds is 9. The van der Waals surface area contributed by atoms with Gasteiger partial charge in [0.1, 0.15) is 0 Å². The van der Waals surface area contributed by atoms with E-state index in [4.69, 9.17) is 0 Å². The summed E-state index contributed by atoms with van der Waals surface area (Å²) in [6.45, 7) is 5.55. The second-order valence-corrected chi connectivity index (χ2v) is 9.69. The molecule has 1 N–H and O–H groups in total. The topological polar surface area (TPSA) is 79.7 Å². The van der Waals surface area contributed by atoms with Gasteiger partial charge < -0.3 is 4.98 Å². The molecule has 0 amide bonds. The second-order valence-electron chi connectivity index (χ2n) is 9.69. The summed E-state index contributed by atoms with van der Waals surface area (Å²) in [5, 5.41) is 14.0. The number of H-pyrrole nitrogens is 1. The van der Waals surface area contributed by atoms with Crippen LogP contribution in [0.5, 0.6) is 0 Å². The first-order chi connectivity index (χ1) is 17.1. The van der Waals surface area contributed by atoms with Crippen LogP contribution in [0.15, 0.2) is 59.4 Å². The van der Waals surface area contributed by atoms with E-state index in [1.807, 2.05) is 29.8 Å². The molecule has 2 aromatic carbocycles. The SMILES string of the molecule is CC[C@H](c1nnnn1CCc1ccccc1)N(Cc1cc2cccc(C)c2[nH]c1=O)C1CCCC1. The molecule has 1 fully saturated rings. The number of fused-ring (bicyclic) bond motifs is 1. The van der Waals surface area contributed by atoms with Crippen LogP contribution < -0.4 is 5.56 Å². The minimum atomic E-state index is -0.00619. The summed E-state index contributed by atoms with van der Waals surface area (Å²) in [6.07, 6.45) is 6.50. The molecule has 2 heterocycles. The summed E-state index contributed by atoms with van der Waals surface area (Å²) in [7, 11) is 0. The summed E-state index contributed by atoms with van der Waals surface area (Å²) in [4.78, 5) is 18.8. The number of benzene rings is 2. The Hall–Kier alpha value is -3.32. The summed E-state index contributed by atoms with van der Waals surface area (Å²) < 4.78 is 1.96. The van der Waals surface area contributed by atoms with E-state index in [-0.39, 0.29) is 11.6 Å². The van der Waals surface area contributed by atoms with Crippen LogP contribution in [-0.4, -0.2) is 36.1 Å². The van der Waals surface area contributed by atoms with Crippen molar-refractivity contribution in [3.63, 3.8) is 0 Å². The fourth-order valence-corrected chi connectivity index (χ4v) is 5.53. The molecule has 1 aliphatic rings. The van der Waals surface area contributed by atoms with Crippen LogP contribution in [-0.2, 0) is 19.5 Å². The Kier molecular flexibility index (Phi) is 7.04. The number of aryl methyl sites for hydroxylation is 3. The van der Waals surface area contributed by atoms with Gasteiger partial charge in [-0.05, 0) is 65.6 Å². The van der Waals surface area contributed by atoms with E-state index in [9.17, 15) is 4.79 Å². The Bertz CT molecular complexity index is 1320. The normalized spacial score (nSPS) is 15.3. The molecule has 0 unspecified atom stereocenters. The van der Waals surface area contributed by atoms with Crippen molar-refractivity contribution in [1.82, 2.24) is 30.1 Å². The number of hydrogen-bond donors (Lipinski definition) is 1. The number of pyridine rings is 1. The van der Waals surface area contributed by atoms with E-state index in [2.05, 4.69) is 68.7 Å². The van der Waals surface area contributed by atoms with Gasteiger partial charge in [0.2, 0.25) is 0 Å². The Morgan fingerprint density at radius 2 is 1.91 bits per heavy atom. The van der Waals surface area contributed by atoms with Crippen LogP contribution >= 0.6 is 0 Å². The van der Waals surface area contributed by atoms with Crippen LogP contribution in [0.4, 0.5) is 0 Å². The molecule has 7 nitrogen and oxygen atoms in total. The van der Waals surface area contributed by atoms with Gasteiger partial charge in [-0.15, -0.1) is 5.10 Å². The molecule has 1 atom stereocenters. The van der Waals surface area contributed by atoms with Crippen molar-refractivity contribution >= 4 is 10.9 Å². The zero-order valence-corrected chi connectivity index (χ0v) is 20.7. The lowest BCUT2D eigenvalue weighted by molar-refractivity contribution is 0.112. The Balaban J connectivity index is 1.45. The van der Waals surface area contributed by atoms with Crippen LogP contribution in [0.3, 0.4) is 0 Å². The Labute approximate surface area is 206 Å². The van der Waals surface area contributed by atoms with Gasteiger partial charge in [-0.3, -0.25) is 9.69 Å². The number of nitrogens with zero attached hydrogens (tertiary/aromatic N) is 5. The van der Waals surface area contributed by atoms with Gasteiger partial charge in [0.15, 0.2) is 5.82 Å². The Morgan fingerprint density at radius 3 is 2.69 bits per heavy atom. The van der Waals surface area contributed by atoms with E-state index >= 15 is 0 Å². The van der Waals surface area contributed by atoms with E-state index in [1.54, 1.807) is 0 Å². The molecule has 0 bridgehead atoms. The maximum absolute atomic E-state index is 13.1. The molecular formula is C28H34N6O. The minimum absolute atomic E-state index is 0.00619. The molecule has 2 aromatic heterocycles. The van der Waals surface area contributed by atoms with E-state index in [0.717, 1.165) is 60.1 Å². The molecule has 1 saturated carbocycles. The number of para-hydroxylation sites is 1. The van der Waals surface area contributed by atoms with Crippen molar-refractivity contribution in [3.05, 3.63) is 87.5 Å². The molecule has 5 rings (SSSR count). The second kappa shape index (κ2) is 10.5. The highest BCUT2D eigenvalue weighted by atomic mass is 16.1. The molecule has 4 aromatic rings. The van der Waals surface area contributed by atoms with Crippen LogP contribution in [0.25, 0.3) is 10.9 Å². The van der Waals surface area contributed by atoms with Crippen molar-refractivity contribution in [1.29, 1.82) is 0 Å². The minimum Gasteiger partial charge on any atom is -0.321 e. The highest BCUT2D eigenvalue weighted by molar-refractivity contribution is 5.81. The van der Waals surface area contributed by atoms with Gasteiger partial charge in [0.05, 0.1) is 11.6 Å². The average molecular weight is 471 g/mol. The summed E-state index contributed by atoms with van der Waals surface area (Å²) in [6, 6.07) is 19.1. The number of aromatic amines is 1. The van der Waals surface area contributed by atoms with E-state index < -0.39 is 0 Å². The van der Waals surface area contributed by atoms with Gasteiger partial charge in [-0.25, -0.2) is 4.68 Å². The lowest BCUT2D eigenvalue weighted by Crippen LogP contribution is -2.39. The first kappa shape index (κ1) is 23.4. The highest BCUT2D eigenvalue weighted by Crippen LogP contribution is 2.33. The predicted molar refractivity (Wildman–Crippen MR) is 138 cm³/mol. The molecule has 1 aliphatic carbocycles. The van der Waals surface area contributed by atoms with Gasteiger partial charge in [-0.2, -0.15) is 0 Å². The first-order valence-electron chi connectivity index (χ1n) is 12.8. The molecule has 7 heteroatoms. The first-order valence-corrected chi connectivity index (χ1v) is 12.8. The number of tetrazole rings is 1. The molecule has 35 heavy (non-hydrogen) atoms. The van der Waals surface area contributed by atoms with Crippen molar-refractivity contribution in [2.75, 3.05) is 0 Å². The smallest absolute Gasteiger partial charge is 0.252 e. The summed E-state index contributed by atoms with van der Waals surface area (Å²) >= 11 is 0. The van der Waals surface area contributed by atoms with Crippen LogP contribution in [0, 0.1) is 6.92 Å². The van der Waals surface area contributed by atoms with Crippen molar-refractivity contribution in [3.8, 4) is 0 Å². The zero-order valence-electron chi connectivity index (χ0n) is 20.7. The number of hydrogen-bond acceptors (Lipinski definition) is 5. The maximum atomic E-state index is 13.1. The number of nitrogens with one attached hydrogen (secondary N) is 1. The fourth-order valence-electron chi connectivity index (χ4n) is 5.53. The Morgan fingerprint density at radius 1 is 1.11 bits per heavy atom. The lowest BCUT2D eigenvalue weighted by atomic mass is 10.0. The fraction of sp³-hybridized carbons (Fsp3) is 0.429. The highest BCUT2D eigenvalue weighted by Gasteiger charge is 2.32. The molecular weight excluding hydrogens is 436 g/mol. The third-order valence-electron chi connectivity index (χ3n) is 7.41. The predicted octanol–water partition coefficient (Wildman–Crippen LogP) is 4.96. The molecule has 0 saturated heterocycles. The monoisotopic (exact) mass is 470 g/mol. The van der Waals surface area contributed by atoms with E-state index in [1.165, 1.54) is 18.4 Å². The van der Waals surface area contributed by atoms with Gasteiger partial charge in [-0.1, -0.05) is 68.3 Å². The van der Waals surface area contributed by atoms with Crippen molar-refractivity contribution in [2.45, 2.75) is 77.5 Å². The zero-order chi connectivity index (χ0) is 24.2. The van der Waals surface area contributed by atoms with Crippen LogP contribution in [0.1, 0.15) is 67.6 Å². The third kappa shape index (κ3) is 5.05. The molecule has 182 valence electrons.